The quantitative estimate of drug-likeness (QED) is 0.427. The van der Waals surface area contributed by atoms with Gasteiger partial charge in [0.15, 0.2) is 6.10 Å². The lowest BCUT2D eigenvalue weighted by Crippen LogP contribution is -2.76. The molecule has 1 aliphatic heterocycles. The molecule has 1 saturated heterocycles. The van der Waals surface area contributed by atoms with E-state index >= 15 is 0 Å². The number of benzene rings is 1. The molecule has 0 radical (unpaired) electrons. The minimum absolute atomic E-state index is 0.172. The van der Waals surface area contributed by atoms with E-state index in [1.165, 1.54) is 20.8 Å². The van der Waals surface area contributed by atoms with Crippen LogP contribution in [0.25, 0.3) is 0 Å². The van der Waals surface area contributed by atoms with Crippen LogP contribution in [0.3, 0.4) is 0 Å². The molecule has 0 N–H and O–H groups in total. The second-order valence-electron chi connectivity index (χ2n) is 11.2. The normalized spacial score (nSPS) is 37.6. The summed E-state index contributed by atoms with van der Waals surface area (Å²) >= 11 is 0. The molecule has 0 amide bonds. The van der Waals surface area contributed by atoms with E-state index in [1.54, 1.807) is 30.3 Å². The molecule has 2 bridgehead atoms. The monoisotopic (exact) mass is 516 g/mol. The third-order valence-corrected chi connectivity index (χ3v) is 8.48. The summed E-state index contributed by atoms with van der Waals surface area (Å²) < 4.78 is 30.8. The highest BCUT2D eigenvalue weighted by atomic mass is 16.6. The Balaban J connectivity index is 1.96. The van der Waals surface area contributed by atoms with Crippen LogP contribution in [0.4, 0.5) is 0 Å². The Bertz CT molecular complexity index is 1080. The molecule has 1 spiro atoms. The molecule has 202 valence electrons. The Kier molecular flexibility index (Phi) is 6.90. The third kappa shape index (κ3) is 4.21. The Morgan fingerprint density at radius 3 is 1.97 bits per heavy atom. The number of hydrogen-bond donors (Lipinski definition) is 0. The van der Waals surface area contributed by atoms with Gasteiger partial charge in [-0.3, -0.25) is 14.4 Å². The van der Waals surface area contributed by atoms with Crippen molar-refractivity contribution in [2.75, 3.05) is 0 Å². The SMILES string of the molecule is CC(=O)O[C@H]1[C@@H]2[C@@H](OC(C)=O)[C@]3(OC2(C)C)[C@H](C)CC[C@H](OC(C)=O)[C@@]3(C)[C@@H]1OC(=O)c1ccccc1. The topological polar surface area (TPSA) is 114 Å². The first kappa shape index (κ1) is 27.1. The number of fused-ring (bicyclic) bond motifs is 1. The predicted octanol–water partition coefficient (Wildman–Crippen LogP) is 3.62. The number of hydrogen-bond acceptors (Lipinski definition) is 9. The van der Waals surface area contributed by atoms with Gasteiger partial charge in [-0.25, -0.2) is 4.79 Å². The zero-order chi connectivity index (χ0) is 27.3. The molecule has 3 aliphatic rings. The standard InChI is InChI=1S/C28H36O9/c1-15-13-14-20(33-16(2)29)27(7)24(36-25(32)19-11-9-8-10-12-19)22(34-17(3)30)21-23(35-18(4)31)28(15,27)37-26(21,5)6/h8-12,15,20-24H,13-14H2,1-7H3/t15-,20+,21-,22+,23-,24-,27+,28-/m1/s1. The second kappa shape index (κ2) is 9.42. The molecule has 2 aliphatic carbocycles. The highest BCUT2D eigenvalue weighted by molar-refractivity contribution is 5.89. The fourth-order valence-corrected chi connectivity index (χ4v) is 7.19. The van der Waals surface area contributed by atoms with Crippen LogP contribution in [0, 0.1) is 17.3 Å². The van der Waals surface area contributed by atoms with Gasteiger partial charge in [0, 0.05) is 20.8 Å². The van der Waals surface area contributed by atoms with Gasteiger partial charge in [0.1, 0.15) is 23.9 Å². The lowest BCUT2D eigenvalue weighted by atomic mass is 9.48. The average molecular weight is 517 g/mol. The maximum atomic E-state index is 13.4. The molecule has 1 heterocycles. The molecule has 2 saturated carbocycles. The van der Waals surface area contributed by atoms with E-state index in [0.717, 1.165) is 0 Å². The summed E-state index contributed by atoms with van der Waals surface area (Å²) in [6.45, 7) is 11.4. The minimum atomic E-state index is -1.23. The van der Waals surface area contributed by atoms with Crippen molar-refractivity contribution in [3.05, 3.63) is 35.9 Å². The summed E-state index contributed by atoms with van der Waals surface area (Å²) in [5.41, 5.74) is -3.04. The third-order valence-electron chi connectivity index (χ3n) is 8.48. The molecule has 37 heavy (non-hydrogen) atoms. The molecular weight excluding hydrogens is 480 g/mol. The van der Waals surface area contributed by atoms with Crippen LogP contribution >= 0.6 is 0 Å². The minimum Gasteiger partial charge on any atom is -0.462 e. The highest BCUT2D eigenvalue weighted by Gasteiger charge is 2.82. The molecule has 9 nitrogen and oxygen atoms in total. The smallest absolute Gasteiger partial charge is 0.338 e. The van der Waals surface area contributed by atoms with E-state index in [2.05, 4.69) is 0 Å². The number of esters is 4. The molecule has 4 rings (SSSR count). The van der Waals surface area contributed by atoms with Crippen molar-refractivity contribution in [3.8, 4) is 0 Å². The van der Waals surface area contributed by atoms with E-state index in [0.29, 0.717) is 18.4 Å². The zero-order valence-electron chi connectivity index (χ0n) is 22.4. The first-order valence-electron chi connectivity index (χ1n) is 12.7. The van der Waals surface area contributed by atoms with Gasteiger partial charge in [-0.2, -0.15) is 0 Å². The fraction of sp³-hybridized carbons (Fsp3) is 0.643. The zero-order valence-corrected chi connectivity index (χ0v) is 22.4. The molecule has 0 aromatic heterocycles. The van der Waals surface area contributed by atoms with Crippen LogP contribution in [-0.4, -0.2) is 59.5 Å². The maximum Gasteiger partial charge on any atom is 0.338 e. The van der Waals surface area contributed by atoms with Crippen LogP contribution in [-0.2, 0) is 38.1 Å². The molecule has 1 aromatic rings. The summed E-state index contributed by atoms with van der Waals surface area (Å²) in [5.74, 6) is -3.03. The number of carbonyl (C=O) groups excluding carboxylic acids is 4. The van der Waals surface area contributed by atoms with Gasteiger partial charge < -0.3 is 23.7 Å². The first-order valence-corrected chi connectivity index (χ1v) is 12.7. The van der Waals surface area contributed by atoms with Crippen molar-refractivity contribution in [3.63, 3.8) is 0 Å². The molecule has 9 heteroatoms. The average Bonchev–Trinajstić information content (AvgIpc) is 3.00. The van der Waals surface area contributed by atoms with E-state index in [-0.39, 0.29) is 5.92 Å². The van der Waals surface area contributed by atoms with E-state index in [1.807, 2.05) is 27.7 Å². The molecular formula is C28H36O9. The summed E-state index contributed by atoms with van der Waals surface area (Å²) in [6, 6.07) is 8.50. The Morgan fingerprint density at radius 2 is 1.41 bits per heavy atom. The van der Waals surface area contributed by atoms with Crippen molar-refractivity contribution in [2.45, 2.75) is 96.9 Å². The molecule has 0 unspecified atom stereocenters. The number of carbonyl (C=O) groups is 4. The second-order valence-corrected chi connectivity index (χ2v) is 11.2. The van der Waals surface area contributed by atoms with Crippen molar-refractivity contribution in [1.29, 1.82) is 0 Å². The van der Waals surface area contributed by atoms with Crippen LogP contribution in [0.15, 0.2) is 30.3 Å². The largest absolute Gasteiger partial charge is 0.462 e. The van der Waals surface area contributed by atoms with Gasteiger partial charge >= 0.3 is 23.9 Å². The Morgan fingerprint density at radius 1 is 0.811 bits per heavy atom. The molecule has 1 aromatic carbocycles. The van der Waals surface area contributed by atoms with Crippen LogP contribution < -0.4 is 0 Å². The number of rotatable bonds is 5. The number of ether oxygens (including phenoxy) is 5. The lowest BCUT2D eigenvalue weighted by Gasteiger charge is -2.62. The van der Waals surface area contributed by atoms with Crippen molar-refractivity contribution in [2.24, 2.45) is 17.3 Å². The maximum absolute atomic E-state index is 13.4. The summed E-state index contributed by atoms with van der Waals surface area (Å²) in [4.78, 5) is 50.5. The summed E-state index contributed by atoms with van der Waals surface area (Å²) in [6.07, 6.45) is -2.61. The van der Waals surface area contributed by atoms with Gasteiger partial charge in [-0.05, 0) is 51.7 Å². The van der Waals surface area contributed by atoms with Crippen LogP contribution in [0.5, 0.6) is 0 Å². The first-order chi connectivity index (χ1) is 17.3. The molecule has 8 atom stereocenters. The van der Waals surface area contributed by atoms with Gasteiger partial charge in [0.25, 0.3) is 0 Å². The van der Waals surface area contributed by atoms with Crippen LogP contribution in [0.1, 0.15) is 71.7 Å². The van der Waals surface area contributed by atoms with Crippen molar-refractivity contribution < 1.29 is 42.9 Å². The van der Waals surface area contributed by atoms with Gasteiger partial charge in [0.2, 0.25) is 0 Å². The van der Waals surface area contributed by atoms with Crippen LogP contribution in [0.2, 0.25) is 0 Å². The summed E-state index contributed by atoms with van der Waals surface area (Å²) in [5, 5.41) is 0. The highest BCUT2D eigenvalue weighted by Crippen LogP contribution is 2.68. The van der Waals surface area contributed by atoms with Gasteiger partial charge in [0.05, 0.1) is 22.5 Å². The van der Waals surface area contributed by atoms with E-state index in [9.17, 15) is 19.2 Å². The van der Waals surface area contributed by atoms with Gasteiger partial charge in [-0.15, -0.1) is 0 Å². The Labute approximate surface area is 217 Å². The summed E-state index contributed by atoms with van der Waals surface area (Å²) in [7, 11) is 0. The van der Waals surface area contributed by atoms with Crippen molar-refractivity contribution in [1.82, 2.24) is 0 Å². The lowest BCUT2D eigenvalue weighted by molar-refractivity contribution is -0.299. The van der Waals surface area contributed by atoms with E-state index < -0.39 is 70.8 Å². The Hall–Kier alpha value is -2.94. The fourth-order valence-electron chi connectivity index (χ4n) is 7.19. The predicted molar refractivity (Wildman–Crippen MR) is 130 cm³/mol. The van der Waals surface area contributed by atoms with Gasteiger partial charge in [-0.1, -0.05) is 25.1 Å². The van der Waals surface area contributed by atoms with Crippen molar-refractivity contribution >= 4 is 23.9 Å². The van der Waals surface area contributed by atoms with E-state index in [4.69, 9.17) is 23.7 Å². The molecule has 3 fully saturated rings.